The lowest BCUT2D eigenvalue weighted by Crippen LogP contribution is -2.30. The summed E-state index contributed by atoms with van der Waals surface area (Å²) in [6, 6.07) is 15.8. The van der Waals surface area contributed by atoms with Crippen molar-refractivity contribution >= 4 is 27.6 Å². The number of rotatable bonds is 5. The van der Waals surface area contributed by atoms with Crippen LogP contribution in [0.15, 0.2) is 53.0 Å². The van der Waals surface area contributed by atoms with Crippen molar-refractivity contribution in [2.45, 2.75) is 38.6 Å². The van der Waals surface area contributed by atoms with Crippen molar-refractivity contribution < 1.29 is 9.59 Å². The Morgan fingerprint density at radius 2 is 1.72 bits per heavy atom. The molecule has 3 rings (SSSR count). The molecule has 1 heterocycles. The molecule has 2 aromatic rings. The van der Waals surface area contributed by atoms with Crippen LogP contribution >= 0.6 is 15.9 Å². The number of Topliss-reactive ketones (excluding diaryl/α,β-unsaturated/α-hetero) is 1. The number of hydrogen-bond donors (Lipinski definition) is 0. The first-order valence-electron chi connectivity index (χ1n) is 8.69. The highest BCUT2D eigenvalue weighted by atomic mass is 79.9. The second-order valence-corrected chi connectivity index (χ2v) is 7.50. The molecule has 130 valence electrons. The Morgan fingerprint density at radius 3 is 2.40 bits per heavy atom. The van der Waals surface area contributed by atoms with E-state index in [9.17, 15) is 9.59 Å². The smallest absolute Gasteiger partial charge is 0.223 e. The summed E-state index contributed by atoms with van der Waals surface area (Å²) in [6.45, 7) is 2.77. The first-order chi connectivity index (χ1) is 12.0. The summed E-state index contributed by atoms with van der Waals surface area (Å²) in [6.07, 6.45) is 2.54. The van der Waals surface area contributed by atoms with Crippen LogP contribution in [0.5, 0.6) is 0 Å². The summed E-state index contributed by atoms with van der Waals surface area (Å²) >= 11 is 3.45. The van der Waals surface area contributed by atoms with E-state index in [4.69, 9.17) is 0 Å². The van der Waals surface area contributed by atoms with Crippen molar-refractivity contribution in [2.75, 3.05) is 6.54 Å². The summed E-state index contributed by atoms with van der Waals surface area (Å²) in [5.41, 5.74) is 2.98. The molecule has 0 radical (unpaired) electrons. The fourth-order valence-corrected chi connectivity index (χ4v) is 3.61. The summed E-state index contributed by atoms with van der Waals surface area (Å²) in [5, 5.41) is 0. The minimum absolute atomic E-state index is 0.0349. The zero-order chi connectivity index (χ0) is 17.8. The summed E-state index contributed by atoms with van der Waals surface area (Å²) in [4.78, 5) is 26.9. The Kier molecular flexibility index (Phi) is 5.69. The van der Waals surface area contributed by atoms with E-state index in [1.807, 2.05) is 48.2 Å². The number of nitrogens with zero attached hydrogens (tertiary/aromatic N) is 1. The monoisotopic (exact) mass is 399 g/mol. The third-order valence-corrected chi connectivity index (χ3v) is 5.30. The van der Waals surface area contributed by atoms with Gasteiger partial charge in [-0.2, -0.15) is 0 Å². The van der Waals surface area contributed by atoms with Gasteiger partial charge in [0, 0.05) is 29.4 Å². The highest BCUT2D eigenvalue weighted by molar-refractivity contribution is 9.10. The molecule has 1 amide bonds. The number of halogens is 1. The topological polar surface area (TPSA) is 37.4 Å². The molecule has 4 heteroatoms. The molecule has 0 N–H and O–H groups in total. The lowest BCUT2D eigenvalue weighted by atomic mass is 10.0. The Hall–Kier alpha value is -1.94. The number of benzene rings is 2. The number of carbonyl (C=O) groups excluding carboxylic acids is 2. The maximum atomic E-state index is 12.7. The lowest BCUT2D eigenvalue weighted by molar-refractivity contribution is -0.132. The summed E-state index contributed by atoms with van der Waals surface area (Å²) in [7, 11) is 0. The Balaban J connectivity index is 1.61. The molecule has 1 unspecified atom stereocenters. The minimum Gasteiger partial charge on any atom is -0.336 e. The van der Waals surface area contributed by atoms with Crippen LogP contribution in [0.2, 0.25) is 0 Å². The standard InChI is InChI=1S/C21H22BrNO2/c1-15-4-6-17(7-5-15)20(24)12-13-21(25)23-14-2-3-19(23)16-8-10-18(22)11-9-16/h4-11,19H,2-3,12-14H2,1H3. The third kappa shape index (κ3) is 4.37. The van der Waals surface area contributed by atoms with Crippen LogP contribution in [0.4, 0.5) is 0 Å². The fraction of sp³-hybridized carbons (Fsp3) is 0.333. The van der Waals surface area contributed by atoms with E-state index in [-0.39, 0.29) is 30.6 Å². The van der Waals surface area contributed by atoms with Gasteiger partial charge < -0.3 is 4.90 Å². The van der Waals surface area contributed by atoms with E-state index < -0.39 is 0 Å². The number of hydrogen-bond acceptors (Lipinski definition) is 2. The van der Waals surface area contributed by atoms with Gasteiger partial charge in [0.05, 0.1) is 6.04 Å². The van der Waals surface area contributed by atoms with Crippen LogP contribution in [-0.2, 0) is 4.79 Å². The Labute approximate surface area is 157 Å². The van der Waals surface area contributed by atoms with Crippen LogP contribution in [0.1, 0.15) is 53.2 Å². The van der Waals surface area contributed by atoms with Gasteiger partial charge in [-0.1, -0.05) is 57.9 Å². The van der Waals surface area contributed by atoms with Crippen molar-refractivity contribution in [3.05, 3.63) is 69.7 Å². The number of likely N-dealkylation sites (tertiary alicyclic amines) is 1. The highest BCUT2D eigenvalue weighted by Crippen LogP contribution is 2.33. The van der Waals surface area contributed by atoms with Gasteiger partial charge in [0.15, 0.2) is 5.78 Å². The second-order valence-electron chi connectivity index (χ2n) is 6.59. The predicted octanol–water partition coefficient (Wildman–Crippen LogP) is 5.08. The van der Waals surface area contributed by atoms with Crippen LogP contribution in [-0.4, -0.2) is 23.1 Å². The molecule has 0 aromatic heterocycles. The average molecular weight is 400 g/mol. The molecular formula is C21H22BrNO2. The molecule has 0 saturated carbocycles. The highest BCUT2D eigenvalue weighted by Gasteiger charge is 2.29. The quantitative estimate of drug-likeness (QED) is 0.656. The molecule has 1 fully saturated rings. The lowest BCUT2D eigenvalue weighted by Gasteiger charge is -2.25. The van der Waals surface area contributed by atoms with Crippen molar-refractivity contribution in [2.24, 2.45) is 0 Å². The van der Waals surface area contributed by atoms with Crippen LogP contribution < -0.4 is 0 Å². The van der Waals surface area contributed by atoms with Gasteiger partial charge in [0.25, 0.3) is 0 Å². The fourth-order valence-electron chi connectivity index (χ4n) is 3.34. The summed E-state index contributed by atoms with van der Waals surface area (Å²) < 4.78 is 1.04. The zero-order valence-electron chi connectivity index (χ0n) is 14.4. The van der Waals surface area contributed by atoms with E-state index in [0.717, 1.165) is 29.4 Å². The van der Waals surface area contributed by atoms with Crippen LogP contribution in [0, 0.1) is 6.92 Å². The Morgan fingerprint density at radius 1 is 1.04 bits per heavy atom. The van der Waals surface area contributed by atoms with E-state index in [1.165, 1.54) is 5.56 Å². The predicted molar refractivity (Wildman–Crippen MR) is 103 cm³/mol. The molecular weight excluding hydrogens is 378 g/mol. The van der Waals surface area contributed by atoms with Crippen molar-refractivity contribution in [1.29, 1.82) is 0 Å². The van der Waals surface area contributed by atoms with Gasteiger partial charge in [-0.15, -0.1) is 0 Å². The second kappa shape index (κ2) is 7.96. The molecule has 1 saturated heterocycles. The SMILES string of the molecule is Cc1ccc(C(=O)CCC(=O)N2CCCC2c2ccc(Br)cc2)cc1. The van der Waals surface area contributed by atoms with Crippen molar-refractivity contribution in [3.8, 4) is 0 Å². The zero-order valence-corrected chi connectivity index (χ0v) is 16.0. The van der Waals surface area contributed by atoms with Gasteiger partial charge in [0.2, 0.25) is 5.91 Å². The summed E-state index contributed by atoms with van der Waals surface area (Å²) in [5.74, 6) is 0.110. The molecule has 1 aliphatic rings. The average Bonchev–Trinajstić information content (AvgIpc) is 3.10. The molecule has 1 aliphatic heterocycles. The van der Waals surface area contributed by atoms with Crippen LogP contribution in [0.3, 0.4) is 0 Å². The van der Waals surface area contributed by atoms with Gasteiger partial charge in [-0.05, 0) is 37.5 Å². The number of amides is 1. The van der Waals surface area contributed by atoms with Gasteiger partial charge >= 0.3 is 0 Å². The van der Waals surface area contributed by atoms with Crippen LogP contribution in [0.25, 0.3) is 0 Å². The maximum Gasteiger partial charge on any atom is 0.223 e. The molecule has 0 aliphatic carbocycles. The molecule has 3 nitrogen and oxygen atoms in total. The van der Waals surface area contributed by atoms with E-state index in [1.54, 1.807) is 0 Å². The van der Waals surface area contributed by atoms with Crippen molar-refractivity contribution in [3.63, 3.8) is 0 Å². The van der Waals surface area contributed by atoms with E-state index in [0.29, 0.717) is 5.56 Å². The van der Waals surface area contributed by atoms with Crippen molar-refractivity contribution in [1.82, 2.24) is 4.90 Å². The van der Waals surface area contributed by atoms with Gasteiger partial charge in [-0.25, -0.2) is 0 Å². The third-order valence-electron chi connectivity index (χ3n) is 4.77. The molecule has 2 aromatic carbocycles. The maximum absolute atomic E-state index is 12.7. The molecule has 25 heavy (non-hydrogen) atoms. The minimum atomic E-state index is 0.0349. The molecule has 1 atom stereocenters. The Bertz CT molecular complexity index is 752. The largest absolute Gasteiger partial charge is 0.336 e. The first kappa shape index (κ1) is 17.9. The first-order valence-corrected chi connectivity index (χ1v) is 9.49. The van der Waals surface area contributed by atoms with Gasteiger partial charge in [0.1, 0.15) is 0 Å². The number of ketones is 1. The van der Waals surface area contributed by atoms with E-state index >= 15 is 0 Å². The molecule has 0 spiro atoms. The normalized spacial score (nSPS) is 16.9. The molecule has 0 bridgehead atoms. The van der Waals surface area contributed by atoms with E-state index in [2.05, 4.69) is 28.1 Å². The van der Waals surface area contributed by atoms with Gasteiger partial charge in [-0.3, -0.25) is 9.59 Å². The number of aryl methyl sites for hydroxylation is 1. The number of carbonyl (C=O) groups is 2.